The zero-order valence-electron chi connectivity index (χ0n) is 9.67. The summed E-state index contributed by atoms with van der Waals surface area (Å²) in [6.45, 7) is 8.62. The van der Waals surface area contributed by atoms with E-state index in [0.717, 1.165) is 17.4 Å². The standard InChI is InChI=1S/C11H17BrN2O/c1-5-6-14-9(8(12)7-13-14)10(15)11(2,3)4/h7H,5-6H2,1-4H3. The van der Waals surface area contributed by atoms with Crippen molar-refractivity contribution in [3.05, 3.63) is 16.4 Å². The SMILES string of the molecule is CCCn1ncc(Br)c1C(=O)C(C)(C)C. The van der Waals surface area contributed by atoms with Crippen LogP contribution in [0.5, 0.6) is 0 Å². The van der Waals surface area contributed by atoms with Crippen molar-refractivity contribution in [3.8, 4) is 0 Å². The Kier molecular flexibility index (Phi) is 3.71. The zero-order chi connectivity index (χ0) is 11.6. The number of hydrogen-bond acceptors (Lipinski definition) is 2. The van der Waals surface area contributed by atoms with Gasteiger partial charge in [-0.1, -0.05) is 27.7 Å². The van der Waals surface area contributed by atoms with Crippen LogP contribution in [0.3, 0.4) is 0 Å². The number of Topliss-reactive ketones (excluding diaryl/α,β-unsaturated/α-hetero) is 1. The van der Waals surface area contributed by atoms with Crippen molar-refractivity contribution in [2.75, 3.05) is 0 Å². The summed E-state index contributed by atoms with van der Waals surface area (Å²) in [5.41, 5.74) is 0.318. The number of nitrogens with zero attached hydrogens (tertiary/aromatic N) is 2. The van der Waals surface area contributed by atoms with Gasteiger partial charge in [0.2, 0.25) is 0 Å². The molecule has 0 N–H and O–H groups in total. The van der Waals surface area contributed by atoms with E-state index in [1.54, 1.807) is 10.9 Å². The fourth-order valence-electron chi connectivity index (χ4n) is 1.32. The summed E-state index contributed by atoms with van der Waals surface area (Å²) in [5, 5.41) is 4.19. The average molecular weight is 273 g/mol. The molecular weight excluding hydrogens is 256 g/mol. The van der Waals surface area contributed by atoms with Crippen LogP contribution in [0.4, 0.5) is 0 Å². The fourth-order valence-corrected chi connectivity index (χ4v) is 1.80. The van der Waals surface area contributed by atoms with Crippen molar-refractivity contribution < 1.29 is 4.79 Å². The van der Waals surface area contributed by atoms with Gasteiger partial charge in [0.05, 0.1) is 10.7 Å². The predicted molar refractivity (Wildman–Crippen MR) is 64.0 cm³/mol. The Labute approximate surface area is 99.0 Å². The van der Waals surface area contributed by atoms with Crippen LogP contribution in [0.2, 0.25) is 0 Å². The Morgan fingerprint density at radius 1 is 1.53 bits per heavy atom. The van der Waals surface area contributed by atoms with Crippen LogP contribution in [-0.2, 0) is 6.54 Å². The molecule has 1 aromatic heterocycles. The third kappa shape index (κ3) is 2.68. The quantitative estimate of drug-likeness (QED) is 0.792. The number of carbonyl (C=O) groups excluding carboxylic acids is 1. The van der Waals surface area contributed by atoms with Gasteiger partial charge < -0.3 is 0 Å². The summed E-state index contributed by atoms with van der Waals surface area (Å²) in [6.07, 6.45) is 2.66. The minimum Gasteiger partial charge on any atom is -0.292 e. The van der Waals surface area contributed by atoms with Crippen LogP contribution < -0.4 is 0 Å². The lowest BCUT2D eigenvalue weighted by Gasteiger charge is -2.17. The van der Waals surface area contributed by atoms with E-state index >= 15 is 0 Å². The molecule has 3 nitrogen and oxygen atoms in total. The predicted octanol–water partition coefficient (Wildman–Crippen LogP) is 3.28. The van der Waals surface area contributed by atoms with Crippen LogP contribution >= 0.6 is 15.9 Å². The van der Waals surface area contributed by atoms with E-state index in [-0.39, 0.29) is 11.2 Å². The minimum absolute atomic E-state index is 0.125. The van der Waals surface area contributed by atoms with Gasteiger partial charge in [0.15, 0.2) is 5.78 Å². The van der Waals surface area contributed by atoms with Crippen LogP contribution in [0.1, 0.15) is 44.6 Å². The van der Waals surface area contributed by atoms with E-state index in [1.165, 1.54) is 0 Å². The summed E-state index contributed by atoms with van der Waals surface area (Å²) < 4.78 is 2.56. The van der Waals surface area contributed by atoms with Gasteiger partial charge in [0, 0.05) is 12.0 Å². The molecule has 0 aliphatic carbocycles. The molecule has 4 heteroatoms. The van der Waals surface area contributed by atoms with Gasteiger partial charge in [-0.2, -0.15) is 5.10 Å². The van der Waals surface area contributed by atoms with Crippen molar-refractivity contribution in [2.24, 2.45) is 5.41 Å². The van der Waals surface area contributed by atoms with E-state index in [9.17, 15) is 4.79 Å². The molecule has 0 radical (unpaired) electrons. The number of ketones is 1. The molecule has 0 aliphatic heterocycles. The van der Waals surface area contributed by atoms with E-state index in [0.29, 0.717) is 5.69 Å². The van der Waals surface area contributed by atoms with Gasteiger partial charge in [-0.25, -0.2) is 0 Å². The molecule has 0 amide bonds. The Balaban J connectivity index is 3.12. The Morgan fingerprint density at radius 3 is 2.60 bits per heavy atom. The van der Waals surface area contributed by atoms with Crippen molar-refractivity contribution in [1.29, 1.82) is 0 Å². The average Bonchev–Trinajstić information content (AvgIpc) is 2.45. The third-order valence-corrected chi connectivity index (χ3v) is 2.71. The summed E-state index contributed by atoms with van der Waals surface area (Å²) in [4.78, 5) is 12.2. The second-order valence-electron chi connectivity index (χ2n) is 4.64. The monoisotopic (exact) mass is 272 g/mol. The molecule has 0 saturated heterocycles. The molecule has 0 aliphatic rings. The number of rotatable bonds is 3. The normalized spacial score (nSPS) is 11.8. The Hall–Kier alpha value is -0.640. The van der Waals surface area contributed by atoms with Crippen LogP contribution in [0.15, 0.2) is 10.7 Å². The molecular formula is C11H17BrN2O. The minimum atomic E-state index is -0.367. The lowest BCUT2D eigenvalue weighted by molar-refractivity contribution is 0.0845. The van der Waals surface area contributed by atoms with Crippen LogP contribution in [0.25, 0.3) is 0 Å². The summed E-state index contributed by atoms with van der Waals surface area (Å²) in [5.74, 6) is 0.125. The number of aryl methyl sites for hydroxylation is 1. The largest absolute Gasteiger partial charge is 0.292 e. The molecule has 1 rings (SSSR count). The highest BCUT2D eigenvalue weighted by molar-refractivity contribution is 9.10. The second-order valence-corrected chi connectivity index (χ2v) is 5.50. The molecule has 0 atom stereocenters. The lowest BCUT2D eigenvalue weighted by atomic mass is 9.89. The Morgan fingerprint density at radius 2 is 2.13 bits per heavy atom. The highest BCUT2D eigenvalue weighted by atomic mass is 79.9. The molecule has 0 fully saturated rings. The number of carbonyl (C=O) groups is 1. The van der Waals surface area contributed by atoms with E-state index in [2.05, 4.69) is 28.0 Å². The van der Waals surface area contributed by atoms with Crippen molar-refractivity contribution >= 4 is 21.7 Å². The van der Waals surface area contributed by atoms with Gasteiger partial charge >= 0.3 is 0 Å². The Bertz CT molecular complexity index is 363. The molecule has 0 unspecified atom stereocenters. The summed E-state index contributed by atoms with van der Waals surface area (Å²) in [7, 11) is 0. The molecule has 0 spiro atoms. The summed E-state index contributed by atoms with van der Waals surface area (Å²) in [6, 6.07) is 0. The second kappa shape index (κ2) is 4.47. The van der Waals surface area contributed by atoms with Crippen molar-refractivity contribution in [3.63, 3.8) is 0 Å². The zero-order valence-corrected chi connectivity index (χ0v) is 11.3. The molecule has 15 heavy (non-hydrogen) atoms. The molecule has 0 saturated carbocycles. The number of aromatic nitrogens is 2. The maximum Gasteiger partial charge on any atom is 0.187 e. The first-order valence-electron chi connectivity index (χ1n) is 5.14. The van der Waals surface area contributed by atoms with E-state index in [4.69, 9.17) is 0 Å². The lowest BCUT2D eigenvalue weighted by Crippen LogP contribution is -2.24. The van der Waals surface area contributed by atoms with Gasteiger partial charge in [0.1, 0.15) is 5.69 Å². The fraction of sp³-hybridized carbons (Fsp3) is 0.636. The molecule has 0 bridgehead atoms. The first kappa shape index (κ1) is 12.4. The first-order valence-corrected chi connectivity index (χ1v) is 5.93. The highest BCUT2D eigenvalue weighted by Crippen LogP contribution is 2.26. The van der Waals surface area contributed by atoms with Crippen LogP contribution in [-0.4, -0.2) is 15.6 Å². The summed E-state index contributed by atoms with van der Waals surface area (Å²) >= 11 is 3.38. The number of halogens is 1. The topological polar surface area (TPSA) is 34.9 Å². The van der Waals surface area contributed by atoms with Gasteiger partial charge in [-0.05, 0) is 22.4 Å². The van der Waals surface area contributed by atoms with E-state index in [1.807, 2.05) is 20.8 Å². The maximum absolute atomic E-state index is 12.2. The highest BCUT2D eigenvalue weighted by Gasteiger charge is 2.28. The third-order valence-electron chi connectivity index (χ3n) is 2.13. The smallest absolute Gasteiger partial charge is 0.187 e. The van der Waals surface area contributed by atoms with E-state index < -0.39 is 0 Å². The molecule has 1 aromatic rings. The van der Waals surface area contributed by atoms with Gasteiger partial charge in [0.25, 0.3) is 0 Å². The maximum atomic E-state index is 12.2. The molecule has 1 heterocycles. The number of hydrogen-bond donors (Lipinski definition) is 0. The molecule has 0 aromatic carbocycles. The van der Waals surface area contributed by atoms with Gasteiger partial charge in [-0.3, -0.25) is 9.48 Å². The van der Waals surface area contributed by atoms with Gasteiger partial charge in [-0.15, -0.1) is 0 Å². The molecule has 84 valence electrons. The van der Waals surface area contributed by atoms with Crippen molar-refractivity contribution in [2.45, 2.75) is 40.7 Å². The first-order chi connectivity index (χ1) is 6.88. The van der Waals surface area contributed by atoms with Crippen LogP contribution in [0, 0.1) is 5.41 Å². The van der Waals surface area contributed by atoms with Crippen molar-refractivity contribution in [1.82, 2.24) is 9.78 Å².